The monoisotopic (exact) mass is 297 g/mol. The Morgan fingerprint density at radius 1 is 1.38 bits per heavy atom. The highest BCUT2D eigenvalue weighted by Gasteiger charge is 2.46. The Hall–Kier alpha value is -2.02. The highest BCUT2D eigenvalue weighted by molar-refractivity contribution is 6.06. The summed E-state index contributed by atoms with van der Waals surface area (Å²) in [6.45, 7) is 3.18. The van der Waals surface area contributed by atoms with E-state index in [0.29, 0.717) is 6.42 Å². The first-order valence-electron chi connectivity index (χ1n) is 6.63. The molecule has 0 spiro atoms. The maximum Gasteiger partial charge on any atom is 0.325 e. The normalized spacial score (nSPS) is 23.4. The number of nitrogens with zero attached hydrogens (tertiary/aromatic N) is 1. The molecule has 1 aromatic rings. The van der Waals surface area contributed by atoms with Crippen molar-refractivity contribution in [1.29, 1.82) is 0 Å². The Morgan fingerprint density at radius 2 is 2.05 bits per heavy atom. The summed E-state index contributed by atoms with van der Waals surface area (Å²) >= 11 is 0. The van der Waals surface area contributed by atoms with Crippen molar-refractivity contribution in [1.82, 2.24) is 10.2 Å². The average Bonchev–Trinajstić information content (AvgIpc) is 2.65. The molecule has 2 rings (SSSR count). The molecule has 3 N–H and O–H groups in total. The lowest BCUT2D eigenvalue weighted by Crippen LogP contribution is -2.43. The molecule has 0 radical (unpaired) electrons. The van der Waals surface area contributed by atoms with Crippen molar-refractivity contribution in [2.75, 3.05) is 6.54 Å². The molecule has 1 aliphatic rings. The van der Waals surface area contributed by atoms with Crippen LogP contribution < -0.4 is 11.1 Å². The van der Waals surface area contributed by atoms with E-state index in [0.717, 1.165) is 23.1 Å². The van der Waals surface area contributed by atoms with Gasteiger partial charge in [0, 0.05) is 12.1 Å². The molecule has 5 nitrogen and oxygen atoms in total. The van der Waals surface area contributed by atoms with Gasteiger partial charge >= 0.3 is 6.03 Å². The van der Waals surface area contributed by atoms with Gasteiger partial charge in [0.1, 0.15) is 17.2 Å². The number of amides is 3. The van der Waals surface area contributed by atoms with E-state index in [9.17, 15) is 18.4 Å². The van der Waals surface area contributed by atoms with Gasteiger partial charge in [0.25, 0.3) is 5.91 Å². The van der Waals surface area contributed by atoms with E-state index in [1.807, 2.05) is 0 Å². The number of urea groups is 1. The van der Waals surface area contributed by atoms with Gasteiger partial charge < -0.3 is 11.1 Å². The predicted molar refractivity (Wildman–Crippen MR) is 72.2 cm³/mol. The fourth-order valence-electron chi connectivity index (χ4n) is 2.25. The van der Waals surface area contributed by atoms with E-state index in [1.54, 1.807) is 13.8 Å². The Bertz CT molecular complexity index is 594. The van der Waals surface area contributed by atoms with Crippen LogP contribution in [0.15, 0.2) is 18.2 Å². The van der Waals surface area contributed by atoms with Crippen LogP contribution in [0.2, 0.25) is 0 Å². The summed E-state index contributed by atoms with van der Waals surface area (Å²) < 4.78 is 26.8. The number of nitrogens with two attached hydrogens (primary N) is 1. The standard InChI is InChI=1S/C14H17F2N3O2/c1-3-14(2)12(20)19(13(21)18-14)7-11(17)9-6-8(15)4-5-10(9)16/h4-6,11H,3,7,17H2,1-2H3,(H,18,21). The van der Waals surface area contributed by atoms with Gasteiger partial charge in [-0.3, -0.25) is 9.69 Å². The van der Waals surface area contributed by atoms with Crippen LogP contribution in [0.25, 0.3) is 0 Å². The van der Waals surface area contributed by atoms with Gasteiger partial charge in [-0.1, -0.05) is 6.92 Å². The lowest BCUT2D eigenvalue weighted by atomic mass is 9.99. The van der Waals surface area contributed by atoms with Gasteiger partial charge in [0.15, 0.2) is 0 Å². The average molecular weight is 297 g/mol. The number of rotatable bonds is 4. The zero-order valence-corrected chi connectivity index (χ0v) is 11.8. The Kier molecular flexibility index (Phi) is 3.95. The highest BCUT2D eigenvalue weighted by atomic mass is 19.1. The third-order valence-corrected chi connectivity index (χ3v) is 3.79. The summed E-state index contributed by atoms with van der Waals surface area (Å²) in [5.74, 6) is -1.71. The molecule has 0 saturated carbocycles. The molecule has 1 aromatic carbocycles. The van der Waals surface area contributed by atoms with Crippen molar-refractivity contribution in [3.63, 3.8) is 0 Å². The van der Waals surface area contributed by atoms with Crippen LogP contribution in [0.3, 0.4) is 0 Å². The number of nitrogens with one attached hydrogen (secondary N) is 1. The summed E-state index contributed by atoms with van der Waals surface area (Å²) in [6.07, 6.45) is 0.428. The molecular formula is C14H17F2N3O2. The largest absolute Gasteiger partial charge is 0.325 e. The van der Waals surface area contributed by atoms with E-state index in [2.05, 4.69) is 5.32 Å². The van der Waals surface area contributed by atoms with Crippen molar-refractivity contribution in [3.05, 3.63) is 35.4 Å². The lowest BCUT2D eigenvalue weighted by molar-refractivity contribution is -0.131. The molecule has 0 bridgehead atoms. The Balaban J connectivity index is 2.20. The minimum Gasteiger partial charge on any atom is -0.323 e. The molecule has 0 aromatic heterocycles. The first kappa shape index (κ1) is 15.4. The van der Waals surface area contributed by atoms with Gasteiger partial charge in [-0.25, -0.2) is 13.6 Å². The summed E-state index contributed by atoms with van der Waals surface area (Å²) in [4.78, 5) is 25.0. The molecule has 2 unspecified atom stereocenters. The van der Waals surface area contributed by atoms with Gasteiger partial charge in [0.05, 0.1) is 6.04 Å². The fourth-order valence-corrected chi connectivity index (χ4v) is 2.25. The third-order valence-electron chi connectivity index (χ3n) is 3.79. The second-order valence-electron chi connectivity index (χ2n) is 5.30. The number of carbonyl (C=O) groups is 2. The molecular weight excluding hydrogens is 280 g/mol. The number of halogens is 2. The summed E-state index contributed by atoms with van der Waals surface area (Å²) in [6, 6.07) is 1.35. The van der Waals surface area contributed by atoms with E-state index < -0.39 is 35.2 Å². The predicted octanol–water partition coefficient (Wildman–Crippen LogP) is 1.69. The van der Waals surface area contributed by atoms with Crippen LogP contribution >= 0.6 is 0 Å². The molecule has 7 heteroatoms. The van der Waals surface area contributed by atoms with Crippen molar-refractivity contribution in [2.24, 2.45) is 5.73 Å². The van der Waals surface area contributed by atoms with Gasteiger partial charge in [-0.05, 0) is 31.5 Å². The van der Waals surface area contributed by atoms with Crippen LogP contribution in [0, 0.1) is 11.6 Å². The molecule has 1 fully saturated rings. The minimum absolute atomic E-state index is 0.0688. The molecule has 1 heterocycles. The minimum atomic E-state index is -0.991. The van der Waals surface area contributed by atoms with E-state index in [-0.39, 0.29) is 12.1 Å². The van der Waals surface area contributed by atoms with E-state index in [4.69, 9.17) is 5.73 Å². The Morgan fingerprint density at radius 3 is 2.62 bits per heavy atom. The molecule has 1 aliphatic heterocycles. The van der Waals surface area contributed by atoms with Crippen LogP contribution in [0.4, 0.5) is 13.6 Å². The summed E-state index contributed by atoms with van der Waals surface area (Å²) in [5.41, 5.74) is 4.77. The van der Waals surface area contributed by atoms with Crippen LogP contribution in [-0.4, -0.2) is 28.9 Å². The third kappa shape index (κ3) is 2.73. The number of benzene rings is 1. The second-order valence-corrected chi connectivity index (χ2v) is 5.30. The zero-order chi connectivity index (χ0) is 15.8. The van der Waals surface area contributed by atoms with Crippen molar-refractivity contribution in [3.8, 4) is 0 Å². The van der Waals surface area contributed by atoms with Crippen molar-refractivity contribution in [2.45, 2.75) is 31.8 Å². The van der Waals surface area contributed by atoms with Gasteiger partial charge in [-0.2, -0.15) is 0 Å². The highest BCUT2D eigenvalue weighted by Crippen LogP contribution is 2.24. The maximum atomic E-state index is 13.7. The Labute approximate surface area is 121 Å². The fraction of sp³-hybridized carbons (Fsp3) is 0.429. The summed E-state index contributed by atoms with van der Waals surface area (Å²) in [5, 5.41) is 2.58. The summed E-state index contributed by atoms with van der Waals surface area (Å²) in [7, 11) is 0. The van der Waals surface area contributed by atoms with Crippen LogP contribution in [0.5, 0.6) is 0 Å². The number of hydrogen-bond donors (Lipinski definition) is 2. The quantitative estimate of drug-likeness (QED) is 0.830. The smallest absolute Gasteiger partial charge is 0.323 e. The molecule has 1 saturated heterocycles. The zero-order valence-electron chi connectivity index (χ0n) is 11.8. The van der Waals surface area contributed by atoms with Crippen molar-refractivity contribution >= 4 is 11.9 Å². The van der Waals surface area contributed by atoms with E-state index >= 15 is 0 Å². The van der Waals surface area contributed by atoms with Crippen molar-refractivity contribution < 1.29 is 18.4 Å². The molecule has 114 valence electrons. The number of imide groups is 1. The molecule has 2 atom stereocenters. The topological polar surface area (TPSA) is 75.4 Å². The molecule has 0 aliphatic carbocycles. The van der Waals surface area contributed by atoms with Gasteiger partial charge in [0.2, 0.25) is 0 Å². The number of carbonyl (C=O) groups excluding carboxylic acids is 2. The number of hydrogen-bond acceptors (Lipinski definition) is 3. The van der Waals surface area contributed by atoms with Crippen LogP contribution in [0.1, 0.15) is 31.9 Å². The second kappa shape index (κ2) is 5.40. The SMILES string of the molecule is CCC1(C)NC(=O)N(CC(N)c2cc(F)ccc2F)C1=O. The molecule has 3 amide bonds. The van der Waals surface area contributed by atoms with Gasteiger partial charge in [-0.15, -0.1) is 0 Å². The van der Waals surface area contributed by atoms with Crippen LogP contribution in [-0.2, 0) is 4.79 Å². The first-order valence-corrected chi connectivity index (χ1v) is 6.63. The lowest BCUT2D eigenvalue weighted by Gasteiger charge is -2.21. The maximum absolute atomic E-state index is 13.7. The first-order chi connectivity index (χ1) is 9.78. The van der Waals surface area contributed by atoms with E-state index in [1.165, 1.54) is 0 Å². The molecule has 21 heavy (non-hydrogen) atoms.